The van der Waals surface area contributed by atoms with Crippen molar-refractivity contribution in [1.29, 1.82) is 0 Å². The van der Waals surface area contributed by atoms with Crippen LogP contribution in [-0.4, -0.2) is 39.2 Å². The van der Waals surface area contributed by atoms with Crippen LogP contribution in [0.4, 0.5) is 0 Å². The molecule has 7 nitrogen and oxygen atoms in total. The number of aromatic nitrogens is 1. The molecule has 4 rings (SSSR count). The fraction of sp³-hybridized carbons (Fsp3) is 0.143. The number of rotatable bonds is 6. The molecule has 1 aliphatic rings. The Bertz CT molecular complexity index is 1070. The maximum Gasteiger partial charge on any atom is 0.278 e. The maximum absolute atomic E-state index is 12.2. The number of nitrogens with zero attached hydrogens (tertiary/aromatic N) is 3. The van der Waals surface area contributed by atoms with Crippen LogP contribution < -0.4 is 10.2 Å². The van der Waals surface area contributed by atoms with Crippen LogP contribution in [0.2, 0.25) is 0 Å². The molecule has 3 aromatic rings. The van der Waals surface area contributed by atoms with Gasteiger partial charge in [-0.2, -0.15) is 0 Å². The number of nitrogens with one attached hydrogen (secondary N) is 1. The zero-order valence-electron chi connectivity index (χ0n) is 15.4. The summed E-state index contributed by atoms with van der Waals surface area (Å²) < 4.78 is 5.61. The van der Waals surface area contributed by atoms with Crippen LogP contribution in [0.25, 0.3) is 10.9 Å². The highest BCUT2D eigenvalue weighted by molar-refractivity contribution is 8.15. The van der Waals surface area contributed by atoms with E-state index in [1.165, 1.54) is 11.8 Å². The zero-order chi connectivity index (χ0) is 20.1. The first-order valence-electron chi connectivity index (χ1n) is 9.01. The minimum Gasteiger partial charge on any atom is -0.481 e. The molecule has 146 valence electrons. The van der Waals surface area contributed by atoms with Gasteiger partial charge in [0, 0.05) is 11.6 Å². The Hall–Kier alpha value is -3.39. The SMILES string of the molecule is O=C(COc1cccc2cccnc12)N/N=C1/SCC(=O)N1Cc1ccccc1. The second kappa shape index (κ2) is 8.74. The smallest absolute Gasteiger partial charge is 0.278 e. The van der Waals surface area contributed by atoms with E-state index >= 15 is 0 Å². The molecular formula is C21H18N4O3S. The van der Waals surface area contributed by atoms with Gasteiger partial charge in [-0.3, -0.25) is 19.5 Å². The first-order chi connectivity index (χ1) is 14.2. The molecule has 2 heterocycles. The first kappa shape index (κ1) is 18.9. The van der Waals surface area contributed by atoms with Gasteiger partial charge in [-0.25, -0.2) is 5.43 Å². The van der Waals surface area contributed by atoms with Crippen molar-refractivity contribution in [2.24, 2.45) is 5.10 Å². The summed E-state index contributed by atoms with van der Waals surface area (Å²) in [4.78, 5) is 30.2. The van der Waals surface area contributed by atoms with E-state index in [2.05, 4.69) is 15.5 Å². The highest BCUT2D eigenvalue weighted by atomic mass is 32.2. The lowest BCUT2D eigenvalue weighted by atomic mass is 10.2. The second-order valence-electron chi connectivity index (χ2n) is 6.30. The van der Waals surface area contributed by atoms with E-state index in [1.807, 2.05) is 54.6 Å². The van der Waals surface area contributed by atoms with Crippen molar-refractivity contribution >= 4 is 39.6 Å². The fourth-order valence-corrected chi connectivity index (χ4v) is 3.72. The van der Waals surface area contributed by atoms with Crippen molar-refractivity contribution in [2.45, 2.75) is 6.54 Å². The molecule has 1 N–H and O–H groups in total. The molecule has 0 aliphatic carbocycles. The number of amidine groups is 1. The molecule has 2 aromatic carbocycles. The van der Waals surface area contributed by atoms with E-state index in [0.717, 1.165) is 10.9 Å². The number of fused-ring (bicyclic) bond motifs is 1. The Balaban J connectivity index is 1.37. The summed E-state index contributed by atoms with van der Waals surface area (Å²) in [5.74, 6) is 0.386. The van der Waals surface area contributed by atoms with Gasteiger partial charge in [-0.05, 0) is 17.7 Å². The second-order valence-corrected chi connectivity index (χ2v) is 7.25. The third kappa shape index (κ3) is 4.55. The van der Waals surface area contributed by atoms with Gasteiger partial charge in [0.05, 0.1) is 12.3 Å². The molecule has 2 amide bonds. The van der Waals surface area contributed by atoms with E-state index in [-0.39, 0.29) is 12.5 Å². The number of benzene rings is 2. The van der Waals surface area contributed by atoms with Crippen LogP contribution in [0.3, 0.4) is 0 Å². The Morgan fingerprint density at radius 2 is 1.97 bits per heavy atom. The monoisotopic (exact) mass is 406 g/mol. The van der Waals surface area contributed by atoms with Gasteiger partial charge in [0.25, 0.3) is 5.91 Å². The summed E-state index contributed by atoms with van der Waals surface area (Å²) in [7, 11) is 0. The summed E-state index contributed by atoms with van der Waals surface area (Å²) in [5.41, 5.74) is 4.16. The van der Waals surface area contributed by atoms with Crippen molar-refractivity contribution in [3.63, 3.8) is 0 Å². The van der Waals surface area contributed by atoms with Gasteiger partial charge in [-0.1, -0.05) is 60.3 Å². The van der Waals surface area contributed by atoms with E-state index in [0.29, 0.717) is 28.7 Å². The molecule has 1 fully saturated rings. The van der Waals surface area contributed by atoms with Crippen LogP contribution >= 0.6 is 11.8 Å². The molecule has 0 bridgehead atoms. The van der Waals surface area contributed by atoms with E-state index in [9.17, 15) is 9.59 Å². The van der Waals surface area contributed by atoms with Crippen molar-refractivity contribution in [3.8, 4) is 5.75 Å². The number of hydrazone groups is 1. The first-order valence-corrected chi connectivity index (χ1v) is 9.99. The van der Waals surface area contributed by atoms with E-state index in [4.69, 9.17) is 4.74 Å². The average molecular weight is 406 g/mol. The topological polar surface area (TPSA) is 83.9 Å². The number of thioether (sulfide) groups is 1. The number of hydrogen-bond donors (Lipinski definition) is 1. The molecule has 0 saturated carbocycles. The van der Waals surface area contributed by atoms with Crippen LogP contribution in [0.5, 0.6) is 5.75 Å². The third-order valence-corrected chi connectivity index (χ3v) is 5.23. The number of para-hydroxylation sites is 1. The molecule has 29 heavy (non-hydrogen) atoms. The van der Waals surface area contributed by atoms with Crippen molar-refractivity contribution < 1.29 is 14.3 Å². The molecule has 1 saturated heterocycles. The predicted octanol–water partition coefficient (Wildman–Crippen LogP) is 2.78. The van der Waals surface area contributed by atoms with Crippen LogP contribution in [0.15, 0.2) is 72.0 Å². The lowest BCUT2D eigenvalue weighted by Gasteiger charge is -2.15. The summed E-state index contributed by atoms with van der Waals surface area (Å²) in [5, 5.41) is 5.52. The zero-order valence-corrected chi connectivity index (χ0v) is 16.3. The van der Waals surface area contributed by atoms with Crippen molar-refractivity contribution in [2.75, 3.05) is 12.4 Å². The van der Waals surface area contributed by atoms with Crippen LogP contribution in [0.1, 0.15) is 5.56 Å². The van der Waals surface area contributed by atoms with Gasteiger partial charge in [0.2, 0.25) is 5.91 Å². The molecular weight excluding hydrogens is 388 g/mol. The Labute approximate surface area is 171 Å². The molecule has 1 aliphatic heterocycles. The highest BCUT2D eigenvalue weighted by Gasteiger charge is 2.28. The Morgan fingerprint density at radius 1 is 1.14 bits per heavy atom. The van der Waals surface area contributed by atoms with E-state index in [1.54, 1.807) is 17.2 Å². The number of carbonyl (C=O) groups is 2. The highest BCUT2D eigenvalue weighted by Crippen LogP contribution is 2.23. The summed E-state index contributed by atoms with van der Waals surface area (Å²) in [6.45, 7) is 0.212. The van der Waals surface area contributed by atoms with Gasteiger partial charge >= 0.3 is 0 Å². The predicted molar refractivity (Wildman–Crippen MR) is 112 cm³/mol. The summed E-state index contributed by atoms with van der Waals surface area (Å²) >= 11 is 1.30. The minimum absolute atomic E-state index is 0.0371. The van der Waals surface area contributed by atoms with Gasteiger partial charge in [0.1, 0.15) is 11.3 Å². The molecule has 0 unspecified atom stereocenters. The van der Waals surface area contributed by atoms with Crippen LogP contribution in [-0.2, 0) is 16.1 Å². The Morgan fingerprint density at radius 3 is 2.83 bits per heavy atom. The van der Waals surface area contributed by atoms with Gasteiger partial charge < -0.3 is 4.74 Å². The summed E-state index contributed by atoms with van der Waals surface area (Å²) in [6.07, 6.45) is 1.68. The average Bonchev–Trinajstić information content (AvgIpc) is 3.10. The van der Waals surface area contributed by atoms with Gasteiger partial charge in [-0.15, -0.1) is 5.10 Å². The lowest BCUT2D eigenvalue weighted by molar-refractivity contribution is -0.125. The molecule has 8 heteroatoms. The largest absolute Gasteiger partial charge is 0.481 e. The van der Waals surface area contributed by atoms with Crippen molar-refractivity contribution in [3.05, 3.63) is 72.4 Å². The lowest BCUT2D eigenvalue weighted by Crippen LogP contribution is -2.32. The maximum atomic E-state index is 12.2. The molecule has 1 aromatic heterocycles. The standard InChI is InChI=1S/C21H18N4O3S/c26-18(13-28-17-10-4-8-16-9-5-11-22-20(16)17)23-24-21-25(19(27)14-29-21)12-15-6-2-1-3-7-15/h1-11H,12-14H2,(H,23,26)/b24-21+. The normalized spacial score (nSPS) is 15.1. The fourth-order valence-electron chi connectivity index (χ4n) is 2.88. The summed E-state index contributed by atoms with van der Waals surface area (Å²) in [6, 6.07) is 19.0. The van der Waals surface area contributed by atoms with Crippen molar-refractivity contribution in [1.82, 2.24) is 15.3 Å². The quantitative estimate of drug-likeness (QED) is 0.637. The molecule has 0 radical (unpaired) electrons. The number of amides is 2. The number of carbonyl (C=O) groups excluding carboxylic acids is 2. The van der Waals surface area contributed by atoms with Crippen LogP contribution in [0, 0.1) is 0 Å². The molecule has 0 spiro atoms. The number of pyridine rings is 1. The third-order valence-electron chi connectivity index (χ3n) is 4.27. The van der Waals surface area contributed by atoms with E-state index < -0.39 is 5.91 Å². The molecule has 0 atom stereocenters. The minimum atomic E-state index is -0.412. The number of ether oxygens (including phenoxy) is 1. The Kier molecular flexibility index (Phi) is 5.71. The number of hydrogen-bond acceptors (Lipinski definition) is 6. The van der Waals surface area contributed by atoms with Gasteiger partial charge in [0.15, 0.2) is 11.8 Å².